The Hall–Kier alpha value is -2.30. The van der Waals surface area contributed by atoms with Gasteiger partial charge in [0.1, 0.15) is 23.2 Å². The number of hydrogen-bond acceptors (Lipinski definition) is 2. The van der Waals surface area contributed by atoms with Crippen LogP contribution in [0.2, 0.25) is 0 Å². The van der Waals surface area contributed by atoms with Crippen LogP contribution in [-0.4, -0.2) is 12.9 Å². The molecule has 2 nitrogen and oxygen atoms in total. The molecule has 0 aliphatic carbocycles. The molecule has 2 aromatic carbocycles. The largest absolute Gasteiger partial charge is 0.496 e. The standard InChI is InChI=1S/C15H11F3O2/c1-20-14-4-2-3-12(18)15(14)13(19)8-9-7-10(16)5-6-11(9)17/h2-7H,8H2,1H3. The molecule has 2 rings (SSSR count). The average Bonchev–Trinajstić information content (AvgIpc) is 2.42. The van der Waals surface area contributed by atoms with Crippen molar-refractivity contribution in [2.24, 2.45) is 0 Å². The molecule has 104 valence electrons. The smallest absolute Gasteiger partial charge is 0.174 e. The van der Waals surface area contributed by atoms with Gasteiger partial charge in [0.2, 0.25) is 0 Å². The third-order valence-electron chi connectivity index (χ3n) is 2.83. The van der Waals surface area contributed by atoms with Crippen LogP contribution in [0.15, 0.2) is 36.4 Å². The molecular formula is C15H11F3O2. The maximum absolute atomic E-state index is 13.7. The number of methoxy groups -OCH3 is 1. The Morgan fingerprint density at radius 1 is 1.10 bits per heavy atom. The Bertz CT molecular complexity index is 654. The van der Waals surface area contributed by atoms with E-state index in [9.17, 15) is 18.0 Å². The molecule has 0 saturated carbocycles. The van der Waals surface area contributed by atoms with Crippen molar-refractivity contribution in [2.45, 2.75) is 6.42 Å². The predicted octanol–water partition coefficient (Wildman–Crippen LogP) is 3.54. The van der Waals surface area contributed by atoms with Gasteiger partial charge in [0.05, 0.1) is 12.7 Å². The van der Waals surface area contributed by atoms with Gasteiger partial charge in [0.25, 0.3) is 0 Å². The second kappa shape index (κ2) is 5.77. The van der Waals surface area contributed by atoms with Gasteiger partial charge in [-0.3, -0.25) is 4.79 Å². The summed E-state index contributed by atoms with van der Waals surface area (Å²) in [5, 5.41) is 0. The minimum absolute atomic E-state index is 0.0619. The molecule has 0 aliphatic rings. The summed E-state index contributed by atoms with van der Waals surface area (Å²) in [6, 6.07) is 6.73. The Morgan fingerprint density at radius 2 is 1.85 bits per heavy atom. The van der Waals surface area contributed by atoms with Crippen molar-refractivity contribution in [2.75, 3.05) is 7.11 Å². The zero-order valence-corrected chi connectivity index (χ0v) is 10.6. The van der Waals surface area contributed by atoms with Crippen molar-refractivity contribution in [1.29, 1.82) is 0 Å². The van der Waals surface area contributed by atoms with Gasteiger partial charge in [-0.2, -0.15) is 0 Å². The Kier molecular flexibility index (Phi) is 4.08. The van der Waals surface area contributed by atoms with Crippen molar-refractivity contribution in [3.8, 4) is 5.75 Å². The summed E-state index contributed by atoms with van der Waals surface area (Å²) in [4.78, 5) is 12.1. The van der Waals surface area contributed by atoms with Gasteiger partial charge in [-0.25, -0.2) is 13.2 Å². The molecule has 0 unspecified atom stereocenters. The second-order valence-electron chi connectivity index (χ2n) is 4.15. The zero-order valence-electron chi connectivity index (χ0n) is 10.6. The van der Waals surface area contributed by atoms with E-state index < -0.39 is 29.7 Å². The SMILES string of the molecule is COc1cccc(F)c1C(=O)Cc1cc(F)ccc1F. The van der Waals surface area contributed by atoms with E-state index in [0.29, 0.717) is 0 Å². The van der Waals surface area contributed by atoms with Crippen LogP contribution in [0.25, 0.3) is 0 Å². The van der Waals surface area contributed by atoms with E-state index in [1.807, 2.05) is 0 Å². The van der Waals surface area contributed by atoms with Gasteiger partial charge in [-0.05, 0) is 35.9 Å². The van der Waals surface area contributed by atoms with E-state index in [-0.39, 0.29) is 16.9 Å². The van der Waals surface area contributed by atoms with E-state index in [4.69, 9.17) is 4.74 Å². The first-order chi connectivity index (χ1) is 9.52. The summed E-state index contributed by atoms with van der Waals surface area (Å²) in [6.45, 7) is 0. The van der Waals surface area contributed by atoms with Crippen LogP contribution >= 0.6 is 0 Å². The number of benzene rings is 2. The van der Waals surface area contributed by atoms with E-state index >= 15 is 0 Å². The molecule has 0 N–H and O–H groups in total. The first kappa shape index (κ1) is 14.1. The summed E-state index contributed by atoms with van der Waals surface area (Å²) >= 11 is 0. The lowest BCUT2D eigenvalue weighted by atomic mass is 10.0. The van der Waals surface area contributed by atoms with E-state index in [0.717, 1.165) is 24.3 Å². The molecule has 0 amide bonds. The minimum Gasteiger partial charge on any atom is -0.496 e. The maximum atomic E-state index is 13.7. The van der Waals surface area contributed by atoms with Crippen LogP contribution in [0.1, 0.15) is 15.9 Å². The Balaban J connectivity index is 2.36. The Morgan fingerprint density at radius 3 is 2.55 bits per heavy atom. The maximum Gasteiger partial charge on any atom is 0.174 e. The molecule has 20 heavy (non-hydrogen) atoms. The molecule has 2 aromatic rings. The number of halogens is 3. The number of ether oxygens (including phenoxy) is 1. The molecule has 0 fully saturated rings. The number of Topliss-reactive ketones (excluding diaryl/α,β-unsaturated/α-hetero) is 1. The normalized spacial score (nSPS) is 10.4. The average molecular weight is 280 g/mol. The highest BCUT2D eigenvalue weighted by atomic mass is 19.1. The highest BCUT2D eigenvalue weighted by Crippen LogP contribution is 2.23. The predicted molar refractivity (Wildman–Crippen MR) is 67.3 cm³/mol. The quantitative estimate of drug-likeness (QED) is 0.801. The van der Waals surface area contributed by atoms with E-state index in [2.05, 4.69) is 0 Å². The molecule has 0 spiro atoms. The first-order valence-corrected chi connectivity index (χ1v) is 5.82. The number of ketones is 1. The van der Waals surface area contributed by atoms with Crippen LogP contribution in [0.4, 0.5) is 13.2 Å². The fourth-order valence-corrected chi connectivity index (χ4v) is 1.89. The van der Waals surface area contributed by atoms with E-state index in [1.165, 1.54) is 19.2 Å². The molecule has 0 heterocycles. The van der Waals surface area contributed by atoms with Gasteiger partial charge in [-0.1, -0.05) is 6.07 Å². The van der Waals surface area contributed by atoms with Crippen LogP contribution in [0, 0.1) is 17.5 Å². The van der Waals surface area contributed by atoms with Crippen molar-refractivity contribution < 1.29 is 22.7 Å². The fraction of sp³-hybridized carbons (Fsp3) is 0.133. The summed E-state index contributed by atoms with van der Waals surface area (Å²) < 4.78 is 45.1. The first-order valence-electron chi connectivity index (χ1n) is 5.82. The van der Waals surface area contributed by atoms with Crippen molar-refractivity contribution in [3.63, 3.8) is 0 Å². The monoisotopic (exact) mass is 280 g/mol. The fourth-order valence-electron chi connectivity index (χ4n) is 1.89. The van der Waals surface area contributed by atoms with Crippen LogP contribution in [0.5, 0.6) is 5.75 Å². The summed E-state index contributed by atoms with van der Waals surface area (Å²) in [5.74, 6) is -2.74. The van der Waals surface area contributed by atoms with Gasteiger partial charge in [0.15, 0.2) is 5.78 Å². The number of rotatable bonds is 4. The topological polar surface area (TPSA) is 26.3 Å². The number of carbonyl (C=O) groups is 1. The molecule has 0 atom stereocenters. The van der Waals surface area contributed by atoms with Crippen LogP contribution in [-0.2, 0) is 6.42 Å². The highest BCUT2D eigenvalue weighted by Gasteiger charge is 2.19. The lowest BCUT2D eigenvalue weighted by Gasteiger charge is -2.09. The van der Waals surface area contributed by atoms with Gasteiger partial charge in [0, 0.05) is 6.42 Å². The molecule has 0 bridgehead atoms. The van der Waals surface area contributed by atoms with Crippen molar-refractivity contribution in [3.05, 3.63) is 65.0 Å². The minimum atomic E-state index is -0.758. The third-order valence-corrected chi connectivity index (χ3v) is 2.83. The van der Waals surface area contributed by atoms with Gasteiger partial charge >= 0.3 is 0 Å². The second-order valence-corrected chi connectivity index (χ2v) is 4.15. The van der Waals surface area contributed by atoms with Crippen molar-refractivity contribution in [1.82, 2.24) is 0 Å². The number of carbonyl (C=O) groups excluding carboxylic acids is 1. The highest BCUT2D eigenvalue weighted by molar-refractivity contribution is 6.00. The number of hydrogen-bond donors (Lipinski definition) is 0. The third kappa shape index (κ3) is 2.82. The molecule has 0 radical (unpaired) electrons. The lowest BCUT2D eigenvalue weighted by molar-refractivity contribution is 0.0984. The summed E-state index contributed by atoms with van der Waals surface area (Å²) in [6.07, 6.45) is -0.444. The Labute approximate surface area is 113 Å². The molecule has 5 heteroatoms. The van der Waals surface area contributed by atoms with Gasteiger partial charge in [-0.15, -0.1) is 0 Å². The summed E-state index contributed by atoms with van der Waals surface area (Å²) in [7, 11) is 1.30. The lowest BCUT2D eigenvalue weighted by Crippen LogP contribution is -2.09. The molecule has 0 saturated heterocycles. The van der Waals surface area contributed by atoms with Crippen LogP contribution in [0.3, 0.4) is 0 Å². The molecule has 0 aromatic heterocycles. The van der Waals surface area contributed by atoms with Crippen molar-refractivity contribution >= 4 is 5.78 Å². The van der Waals surface area contributed by atoms with Gasteiger partial charge < -0.3 is 4.74 Å². The summed E-state index contributed by atoms with van der Waals surface area (Å²) in [5.41, 5.74) is -0.390. The van der Waals surface area contributed by atoms with E-state index in [1.54, 1.807) is 0 Å². The molecule has 0 aliphatic heterocycles. The van der Waals surface area contributed by atoms with Crippen LogP contribution < -0.4 is 4.74 Å². The molecular weight excluding hydrogens is 269 g/mol. The zero-order chi connectivity index (χ0) is 14.7.